The van der Waals surface area contributed by atoms with Crippen molar-refractivity contribution in [2.24, 2.45) is 0 Å². The van der Waals surface area contributed by atoms with Crippen molar-refractivity contribution in [1.82, 2.24) is 0 Å². The molecule has 3 rings (SSSR count). The Morgan fingerprint density at radius 2 is 1.95 bits per heavy atom. The van der Waals surface area contributed by atoms with Crippen LogP contribution in [-0.2, 0) is 0 Å². The molecule has 0 saturated carbocycles. The molecule has 1 unspecified atom stereocenters. The van der Waals surface area contributed by atoms with Gasteiger partial charge in [-0.3, -0.25) is 0 Å². The highest BCUT2D eigenvalue weighted by atomic mass is 35.5. The summed E-state index contributed by atoms with van der Waals surface area (Å²) in [6.07, 6.45) is 0. The Morgan fingerprint density at radius 3 is 2.75 bits per heavy atom. The van der Waals surface area contributed by atoms with Crippen LogP contribution in [0, 0.1) is 5.82 Å². The van der Waals surface area contributed by atoms with Gasteiger partial charge in [-0.25, -0.2) is 4.39 Å². The second-order valence-electron chi connectivity index (χ2n) is 4.61. The second kappa shape index (κ2) is 5.21. The molecule has 1 N–H and O–H groups in total. The summed E-state index contributed by atoms with van der Waals surface area (Å²) in [6.45, 7) is 2.20. The van der Waals surface area contributed by atoms with Crippen LogP contribution in [0.25, 0.3) is 0 Å². The lowest BCUT2D eigenvalue weighted by atomic mass is 10.1. The molecule has 104 valence electrons. The van der Waals surface area contributed by atoms with E-state index in [9.17, 15) is 4.39 Å². The quantitative estimate of drug-likeness (QED) is 0.911. The Bertz CT molecular complexity index is 648. The van der Waals surface area contributed by atoms with E-state index in [0.717, 1.165) is 17.0 Å². The summed E-state index contributed by atoms with van der Waals surface area (Å²) in [5.74, 6) is 1.04. The molecule has 0 fully saturated rings. The van der Waals surface area contributed by atoms with Crippen molar-refractivity contribution >= 4 is 17.3 Å². The molecular formula is C15H13ClFNO2. The molecule has 1 atom stereocenters. The number of rotatable bonds is 3. The first kappa shape index (κ1) is 13.1. The first-order chi connectivity index (χ1) is 9.63. The fourth-order valence-corrected chi connectivity index (χ4v) is 2.22. The summed E-state index contributed by atoms with van der Waals surface area (Å²) in [7, 11) is 0. The Hall–Kier alpha value is -1.94. The number of nitrogens with one attached hydrogen (secondary N) is 1. The van der Waals surface area contributed by atoms with Gasteiger partial charge >= 0.3 is 0 Å². The molecule has 2 aromatic carbocycles. The molecule has 1 heterocycles. The molecule has 1 aliphatic rings. The Labute approximate surface area is 121 Å². The molecule has 0 amide bonds. The number of hydrogen-bond donors (Lipinski definition) is 1. The van der Waals surface area contributed by atoms with Crippen LogP contribution in [0.3, 0.4) is 0 Å². The molecule has 3 nitrogen and oxygen atoms in total. The number of anilines is 1. The van der Waals surface area contributed by atoms with E-state index in [1.807, 2.05) is 25.1 Å². The number of fused-ring (bicyclic) bond motifs is 1. The van der Waals surface area contributed by atoms with Gasteiger partial charge < -0.3 is 14.8 Å². The number of halogens is 2. The van der Waals surface area contributed by atoms with E-state index < -0.39 is 5.82 Å². The maximum atomic E-state index is 13.5. The van der Waals surface area contributed by atoms with Crippen LogP contribution in [-0.4, -0.2) is 6.79 Å². The maximum absolute atomic E-state index is 13.5. The van der Waals surface area contributed by atoms with Crippen molar-refractivity contribution in [2.75, 3.05) is 12.1 Å². The second-order valence-corrected chi connectivity index (χ2v) is 5.01. The Balaban J connectivity index is 1.78. The maximum Gasteiger partial charge on any atom is 0.231 e. The van der Waals surface area contributed by atoms with Crippen molar-refractivity contribution in [1.29, 1.82) is 0 Å². The monoisotopic (exact) mass is 293 g/mol. The number of benzene rings is 2. The summed E-state index contributed by atoms with van der Waals surface area (Å²) in [5, 5.41) is 3.42. The zero-order valence-corrected chi connectivity index (χ0v) is 11.6. The predicted molar refractivity (Wildman–Crippen MR) is 76.0 cm³/mol. The van der Waals surface area contributed by atoms with E-state index in [-0.39, 0.29) is 17.9 Å². The molecular weight excluding hydrogens is 281 g/mol. The molecule has 0 saturated heterocycles. The van der Waals surface area contributed by atoms with Gasteiger partial charge in [0.2, 0.25) is 6.79 Å². The van der Waals surface area contributed by atoms with E-state index in [4.69, 9.17) is 21.1 Å². The zero-order chi connectivity index (χ0) is 14.1. The van der Waals surface area contributed by atoms with E-state index >= 15 is 0 Å². The summed E-state index contributed by atoms with van der Waals surface area (Å²) in [5.41, 5.74) is 1.71. The third-order valence-corrected chi connectivity index (χ3v) is 3.51. The van der Waals surface area contributed by atoms with Crippen LogP contribution in [0.4, 0.5) is 10.1 Å². The van der Waals surface area contributed by atoms with Crippen molar-refractivity contribution in [3.8, 4) is 11.5 Å². The van der Waals surface area contributed by atoms with E-state index in [0.29, 0.717) is 5.75 Å². The molecule has 0 bridgehead atoms. The topological polar surface area (TPSA) is 30.5 Å². The van der Waals surface area contributed by atoms with Gasteiger partial charge in [0.1, 0.15) is 5.82 Å². The molecule has 1 aliphatic heterocycles. The predicted octanol–water partition coefficient (Wildman–Crippen LogP) is 4.38. The van der Waals surface area contributed by atoms with Gasteiger partial charge in [-0.05, 0) is 36.8 Å². The van der Waals surface area contributed by atoms with E-state index in [1.165, 1.54) is 6.07 Å². The smallest absolute Gasteiger partial charge is 0.231 e. The standard InChI is InChI=1S/C15H13ClFNO2/c1-9(10-2-4-12(16)13(17)6-10)18-11-3-5-14-15(7-11)20-8-19-14/h2-7,9,18H,8H2,1H3. The fourth-order valence-electron chi connectivity index (χ4n) is 2.10. The van der Waals surface area contributed by atoms with Crippen LogP contribution in [0.2, 0.25) is 5.02 Å². The third-order valence-electron chi connectivity index (χ3n) is 3.20. The molecule has 0 aromatic heterocycles. The average Bonchev–Trinajstić information content (AvgIpc) is 2.89. The van der Waals surface area contributed by atoms with Gasteiger partial charge in [0.15, 0.2) is 11.5 Å². The molecule has 0 radical (unpaired) electrons. The average molecular weight is 294 g/mol. The summed E-state index contributed by atoms with van der Waals surface area (Å²) in [4.78, 5) is 0. The molecule has 0 aliphatic carbocycles. The largest absolute Gasteiger partial charge is 0.454 e. The van der Waals surface area contributed by atoms with Crippen LogP contribution >= 0.6 is 11.6 Å². The van der Waals surface area contributed by atoms with Crippen molar-refractivity contribution in [3.63, 3.8) is 0 Å². The first-order valence-electron chi connectivity index (χ1n) is 6.24. The summed E-state index contributed by atoms with van der Waals surface area (Å²) >= 11 is 5.68. The van der Waals surface area contributed by atoms with Gasteiger partial charge in [-0.2, -0.15) is 0 Å². The van der Waals surface area contributed by atoms with Crippen LogP contribution in [0.1, 0.15) is 18.5 Å². The van der Waals surface area contributed by atoms with Gasteiger partial charge in [-0.1, -0.05) is 17.7 Å². The number of hydrogen-bond acceptors (Lipinski definition) is 3. The van der Waals surface area contributed by atoms with Crippen LogP contribution in [0.5, 0.6) is 11.5 Å². The highest BCUT2D eigenvalue weighted by Crippen LogP contribution is 2.35. The van der Waals surface area contributed by atoms with Crippen molar-refractivity contribution < 1.29 is 13.9 Å². The van der Waals surface area contributed by atoms with Gasteiger partial charge in [0.25, 0.3) is 0 Å². The Morgan fingerprint density at radius 1 is 1.15 bits per heavy atom. The molecule has 0 spiro atoms. The van der Waals surface area contributed by atoms with Crippen molar-refractivity contribution in [3.05, 3.63) is 52.8 Å². The number of ether oxygens (including phenoxy) is 2. The summed E-state index contributed by atoms with van der Waals surface area (Å²) in [6, 6.07) is 10.4. The molecule has 20 heavy (non-hydrogen) atoms. The highest BCUT2D eigenvalue weighted by molar-refractivity contribution is 6.30. The SMILES string of the molecule is CC(Nc1ccc2c(c1)OCO2)c1ccc(Cl)c(F)c1. The van der Waals surface area contributed by atoms with Crippen LogP contribution in [0.15, 0.2) is 36.4 Å². The van der Waals surface area contributed by atoms with Crippen molar-refractivity contribution in [2.45, 2.75) is 13.0 Å². The highest BCUT2D eigenvalue weighted by Gasteiger charge is 2.14. The van der Waals surface area contributed by atoms with Crippen LogP contribution < -0.4 is 14.8 Å². The fraction of sp³-hybridized carbons (Fsp3) is 0.200. The normalized spacial score (nSPS) is 14.2. The zero-order valence-electron chi connectivity index (χ0n) is 10.8. The van der Waals surface area contributed by atoms with Gasteiger partial charge in [-0.15, -0.1) is 0 Å². The lowest BCUT2D eigenvalue weighted by Gasteiger charge is -2.16. The van der Waals surface area contributed by atoms with Gasteiger partial charge in [0, 0.05) is 17.8 Å². The molecule has 2 aromatic rings. The van der Waals surface area contributed by atoms with Gasteiger partial charge in [0.05, 0.1) is 5.02 Å². The lowest BCUT2D eigenvalue weighted by Crippen LogP contribution is -2.06. The van der Waals surface area contributed by atoms with E-state index in [1.54, 1.807) is 12.1 Å². The Kier molecular flexibility index (Phi) is 3.40. The molecule has 5 heteroatoms. The minimum absolute atomic E-state index is 0.0536. The summed E-state index contributed by atoms with van der Waals surface area (Å²) < 4.78 is 24.0. The first-order valence-corrected chi connectivity index (χ1v) is 6.62. The lowest BCUT2D eigenvalue weighted by molar-refractivity contribution is 0.174. The third kappa shape index (κ3) is 2.51. The minimum Gasteiger partial charge on any atom is -0.454 e. The minimum atomic E-state index is -0.413. The van der Waals surface area contributed by atoms with E-state index in [2.05, 4.69) is 5.32 Å².